The summed E-state index contributed by atoms with van der Waals surface area (Å²) >= 11 is 0. The van der Waals surface area contributed by atoms with Crippen LogP contribution in [0.4, 0.5) is 0 Å². The van der Waals surface area contributed by atoms with Gasteiger partial charge in [0.05, 0.1) is 5.92 Å². The molecule has 112 valence electrons. The van der Waals surface area contributed by atoms with Crippen LogP contribution in [0.15, 0.2) is 0 Å². The smallest absolute Gasteiger partial charge is 0.311 e. The molecule has 4 unspecified atom stereocenters. The maximum absolute atomic E-state index is 12.2. The molecule has 0 aromatic heterocycles. The molecule has 1 saturated carbocycles. The van der Waals surface area contributed by atoms with Gasteiger partial charge in [0.1, 0.15) is 0 Å². The molecule has 4 atom stereocenters. The van der Waals surface area contributed by atoms with Crippen molar-refractivity contribution in [1.82, 2.24) is 0 Å². The van der Waals surface area contributed by atoms with E-state index >= 15 is 0 Å². The molecule has 0 aromatic rings. The van der Waals surface area contributed by atoms with E-state index in [1.54, 1.807) is 6.92 Å². The van der Waals surface area contributed by atoms with E-state index in [0.717, 1.165) is 31.6 Å². The molecule has 0 N–H and O–H groups in total. The highest BCUT2D eigenvalue weighted by Crippen LogP contribution is 2.39. The summed E-state index contributed by atoms with van der Waals surface area (Å²) in [7, 11) is 0. The van der Waals surface area contributed by atoms with Gasteiger partial charge < -0.3 is 9.47 Å². The lowest BCUT2D eigenvalue weighted by atomic mass is 9.70. The molecule has 19 heavy (non-hydrogen) atoms. The highest BCUT2D eigenvalue weighted by atomic mass is 16.7. The highest BCUT2D eigenvalue weighted by Gasteiger charge is 2.36. The highest BCUT2D eigenvalue weighted by molar-refractivity contribution is 5.73. The summed E-state index contributed by atoms with van der Waals surface area (Å²) in [6.45, 7) is 11.0. The van der Waals surface area contributed by atoms with Crippen molar-refractivity contribution in [3.05, 3.63) is 0 Å². The van der Waals surface area contributed by atoms with Gasteiger partial charge in [-0.1, -0.05) is 27.2 Å². The number of rotatable bonds is 6. The number of hydrogen-bond donors (Lipinski definition) is 0. The summed E-state index contributed by atoms with van der Waals surface area (Å²) in [5, 5.41) is 0. The van der Waals surface area contributed by atoms with E-state index in [1.165, 1.54) is 0 Å². The van der Waals surface area contributed by atoms with Crippen LogP contribution >= 0.6 is 0 Å². The minimum Gasteiger partial charge on any atom is -0.436 e. The van der Waals surface area contributed by atoms with Gasteiger partial charge in [-0.05, 0) is 50.9 Å². The largest absolute Gasteiger partial charge is 0.436 e. The van der Waals surface area contributed by atoms with Crippen molar-refractivity contribution in [2.75, 3.05) is 6.61 Å². The number of ether oxygens (including phenoxy) is 2. The fourth-order valence-corrected chi connectivity index (χ4v) is 3.19. The van der Waals surface area contributed by atoms with Gasteiger partial charge in [-0.2, -0.15) is 0 Å². The van der Waals surface area contributed by atoms with E-state index in [9.17, 15) is 4.79 Å². The lowest BCUT2D eigenvalue weighted by molar-refractivity contribution is -0.182. The van der Waals surface area contributed by atoms with E-state index in [-0.39, 0.29) is 11.9 Å². The van der Waals surface area contributed by atoms with Gasteiger partial charge in [0.2, 0.25) is 0 Å². The Morgan fingerprint density at radius 3 is 2.42 bits per heavy atom. The number of carbonyl (C=O) groups is 1. The van der Waals surface area contributed by atoms with E-state index in [4.69, 9.17) is 9.47 Å². The molecule has 0 aliphatic heterocycles. The molecule has 0 bridgehead atoms. The Hall–Kier alpha value is -0.570. The molecule has 0 saturated heterocycles. The van der Waals surface area contributed by atoms with Crippen molar-refractivity contribution in [2.45, 2.75) is 66.6 Å². The van der Waals surface area contributed by atoms with Crippen LogP contribution in [0.5, 0.6) is 0 Å². The summed E-state index contributed by atoms with van der Waals surface area (Å²) < 4.78 is 10.7. The molecule has 1 fully saturated rings. The van der Waals surface area contributed by atoms with Gasteiger partial charge in [-0.25, -0.2) is 0 Å². The van der Waals surface area contributed by atoms with Gasteiger partial charge in [0.25, 0.3) is 0 Å². The fourth-order valence-electron chi connectivity index (χ4n) is 3.19. The van der Waals surface area contributed by atoms with Crippen LogP contribution in [0.3, 0.4) is 0 Å². The third-order valence-electron chi connectivity index (χ3n) is 4.48. The lowest BCUT2D eigenvalue weighted by Crippen LogP contribution is -2.35. The van der Waals surface area contributed by atoms with Crippen LogP contribution in [0, 0.1) is 23.7 Å². The molecule has 3 heteroatoms. The standard InChI is InChI=1S/C16H30O3/c1-6-13-10-14(11(3)4)8-9-15(13)16(17)19-12(5)18-7-2/h11-15H,6-10H2,1-5H3. The maximum Gasteiger partial charge on any atom is 0.311 e. The summed E-state index contributed by atoms with van der Waals surface area (Å²) in [6.07, 6.45) is 3.93. The van der Waals surface area contributed by atoms with Crippen LogP contribution in [-0.4, -0.2) is 18.9 Å². The summed E-state index contributed by atoms with van der Waals surface area (Å²) in [5.41, 5.74) is 0. The van der Waals surface area contributed by atoms with Crippen LogP contribution in [0.1, 0.15) is 60.3 Å². The number of esters is 1. The number of carbonyl (C=O) groups excluding carboxylic acids is 1. The Kier molecular flexibility index (Phi) is 6.84. The quantitative estimate of drug-likeness (QED) is 0.540. The first kappa shape index (κ1) is 16.5. The minimum absolute atomic E-state index is 0.0602. The Labute approximate surface area is 118 Å². The van der Waals surface area contributed by atoms with E-state index in [1.807, 2.05) is 6.92 Å². The SMILES string of the molecule is CCOC(C)OC(=O)C1CCC(C(C)C)CC1CC. The van der Waals surface area contributed by atoms with Crippen molar-refractivity contribution in [2.24, 2.45) is 23.7 Å². The molecule has 0 heterocycles. The zero-order chi connectivity index (χ0) is 14.4. The second kappa shape index (κ2) is 7.88. The Bertz CT molecular complexity index is 275. The average Bonchev–Trinajstić information content (AvgIpc) is 2.37. The van der Waals surface area contributed by atoms with Crippen LogP contribution in [-0.2, 0) is 14.3 Å². The molecule has 0 amide bonds. The third kappa shape index (κ3) is 4.79. The second-order valence-electron chi connectivity index (χ2n) is 6.05. The maximum atomic E-state index is 12.2. The molecule has 0 radical (unpaired) electrons. The number of hydrogen-bond acceptors (Lipinski definition) is 3. The average molecular weight is 270 g/mol. The zero-order valence-electron chi connectivity index (χ0n) is 13.1. The first-order chi connectivity index (χ1) is 8.99. The van der Waals surface area contributed by atoms with Crippen molar-refractivity contribution in [3.63, 3.8) is 0 Å². The molecular formula is C16H30O3. The topological polar surface area (TPSA) is 35.5 Å². The summed E-state index contributed by atoms with van der Waals surface area (Å²) in [4.78, 5) is 12.2. The fraction of sp³-hybridized carbons (Fsp3) is 0.938. The van der Waals surface area contributed by atoms with Gasteiger partial charge in [0, 0.05) is 6.61 Å². The van der Waals surface area contributed by atoms with Crippen molar-refractivity contribution in [3.8, 4) is 0 Å². The predicted molar refractivity (Wildman–Crippen MR) is 76.6 cm³/mol. The van der Waals surface area contributed by atoms with Crippen molar-refractivity contribution in [1.29, 1.82) is 0 Å². The molecule has 0 aromatic carbocycles. The second-order valence-corrected chi connectivity index (χ2v) is 6.05. The molecule has 1 aliphatic carbocycles. The Morgan fingerprint density at radius 1 is 1.21 bits per heavy atom. The molecule has 1 aliphatic rings. The Morgan fingerprint density at radius 2 is 1.89 bits per heavy atom. The first-order valence-corrected chi connectivity index (χ1v) is 7.81. The van der Waals surface area contributed by atoms with Crippen LogP contribution in [0.2, 0.25) is 0 Å². The summed E-state index contributed by atoms with van der Waals surface area (Å²) in [5.74, 6) is 1.96. The third-order valence-corrected chi connectivity index (χ3v) is 4.48. The zero-order valence-corrected chi connectivity index (χ0v) is 13.1. The monoisotopic (exact) mass is 270 g/mol. The molecule has 3 nitrogen and oxygen atoms in total. The van der Waals surface area contributed by atoms with E-state index < -0.39 is 6.29 Å². The van der Waals surface area contributed by atoms with Gasteiger partial charge >= 0.3 is 5.97 Å². The van der Waals surface area contributed by atoms with E-state index in [0.29, 0.717) is 18.4 Å². The molecule has 1 rings (SSSR count). The summed E-state index contributed by atoms with van der Waals surface area (Å²) in [6, 6.07) is 0. The van der Waals surface area contributed by atoms with Gasteiger partial charge in [-0.15, -0.1) is 0 Å². The normalized spacial score (nSPS) is 29.3. The van der Waals surface area contributed by atoms with Crippen LogP contribution < -0.4 is 0 Å². The lowest BCUT2D eigenvalue weighted by Gasteiger charge is -2.36. The van der Waals surface area contributed by atoms with E-state index in [2.05, 4.69) is 20.8 Å². The molecular weight excluding hydrogens is 240 g/mol. The van der Waals surface area contributed by atoms with Gasteiger partial charge in [0.15, 0.2) is 6.29 Å². The van der Waals surface area contributed by atoms with Crippen molar-refractivity contribution >= 4 is 5.97 Å². The van der Waals surface area contributed by atoms with Crippen LogP contribution in [0.25, 0.3) is 0 Å². The van der Waals surface area contributed by atoms with Crippen molar-refractivity contribution < 1.29 is 14.3 Å². The minimum atomic E-state index is -0.419. The molecule has 0 spiro atoms. The predicted octanol–water partition coefficient (Wildman–Crippen LogP) is 4.01. The first-order valence-electron chi connectivity index (χ1n) is 7.81. The van der Waals surface area contributed by atoms with Gasteiger partial charge in [-0.3, -0.25) is 4.79 Å². The Balaban J connectivity index is 2.55.